The summed E-state index contributed by atoms with van der Waals surface area (Å²) in [6.45, 7) is 3.53. The standard InChI is InChI=1S/C9H12N4O/c1-7-2-4-13(5-3-7)9(14)8-6-10-12-11-8/h2,6H,3-5H2,1H3,(H,10,11,12). The van der Waals surface area contributed by atoms with Crippen molar-refractivity contribution in [2.45, 2.75) is 13.3 Å². The summed E-state index contributed by atoms with van der Waals surface area (Å²) in [7, 11) is 0. The Bertz CT molecular complexity index is 355. The van der Waals surface area contributed by atoms with Crippen LogP contribution in [0.2, 0.25) is 0 Å². The van der Waals surface area contributed by atoms with Gasteiger partial charge in [-0.3, -0.25) is 4.79 Å². The quantitative estimate of drug-likeness (QED) is 0.663. The second-order valence-corrected chi connectivity index (χ2v) is 3.41. The van der Waals surface area contributed by atoms with E-state index in [0.717, 1.165) is 13.0 Å². The summed E-state index contributed by atoms with van der Waals surface area (Å²) in [6, 6.07) is 0. The molecular weight excluding hydrogens is 180 g/mol. The average molecular weight is 192 g/mol. The second kappa shape index (κ2) is 3.61. The van der Waals surface area contributed by atoms with E-state index in [-0.39, 0.29) is 5.91 Å². The molecule has 5 nitrogen and oxygen atoms in total. The van der Waals surface area contributed by atoms with Crippen LogP contribution in [0.25, 0.3) is 0 Å². The van der Waals surface area contributed by atoms with Crippen LogP contribution in [-0.2, 0) is 0 Å². The van der Waals surface area contributed by atoms with Crippen molar-refractivity contribution < 1.29 is 4.79 Å². The Kier molecular flexibility index (Phi) is 2.30. The SMILES string of the molecule is CC1=CCN(C(=O)c2cn[nH]n2)CC1. The first-order valence-corrected chi connectivity index (χ1v) is 4.58. The number of H-pyrrole nitrogens is 1. The molecule has 1 aliphatic heterocycles. The maximum Gasteiger partial charge on any atom is 0.276 e. The Balaban J connectivity index is 2.07. The van der Waals surface area contributed by atoms with E-state index in [1.54, 1.807) is 4.90 Å². The molecule has 14 heavy (non-hydrogen) atoms. The lowest BCUT2D eigenvalue weighted by atomic mass is 10.1. The van der Waals surface area contributed by atoms with Gasteiger partial charge in [0, 0.05) is 13.1 Å². The molecule has 1 N–H and O–H groups in total. The number of hydrogen-bond acceptors (Lipinski definition) is 3. The van der Waals surface area contributed by atoms with Crippen molar-refractivity contribution in [3.63, 3.8) is 0 Å². The predicted octanol–water partition coefficient (Wildman–Crippen LogP) is 0.597. The summed E-state index contributed by atoms with van der Waals surface area (Å²) in [4.78, 5) is 13.5. The molecule has 2 rings (SSSR count). The monoisotopic (exact) mass is 192 g/mol. The minimum Gasteiger partial charge on any atom is -0.333 e. The Morgan fingerprint density at radius 1 is 1.64 bits per heavy atom. The minimum absolute atomic E-state index is 0.0532. The summed E-state index contributed by atoms with van der Waals surface area (Å²) >= 11 is 0. The highest BCUT2D eigenvalue weighted by atomic mass is 16.2. The van der Waals surface area contributed by atoms with Crippen LogP contribution in [-0.4, -0.2) is 39.3 Å². The Hall–Kier alpha value is -1.65. The van der Waals surface area contributed by atoms with Crippen molar-refractivity contribution >= 4 is 5.91 Å². The van der Waals surface area contributed by atoms with E-state index in [2.05, 4.69) is 28.4 Å². The summed E-state index contributed by atoms with van der Waals surface area (Å²) < 4.78 is 0. The van der Waals surface area contributed by atoms with Crippen molar-refractivity contribution in [2.24, 2.45) is 0 Å². The first-order chi connectivity index (χ1) is 6.77. The summed E-state index contributed by atoms with van der Waals surface area (Å²) in [5.74, 6) is -0.0532. The molecule has 74 valence electrons. The molecule has 1 aromatic heterocycles. The number of nitrogens with one attached hydrogen (secondary N) is 1. The summed E-state index contributed by atoms with van der Waals surface area (Å²) in [5, 5.41) is 9.81. The van der Waals surface area contributed by atoms with Gasteiger partial charge in [-0.05, 0) is 13.3 Å². The molecule has 0 saturated heterocycles. The lowest BCUT2D eigenvalue weighted by Gasteiger charge is -2.24. The number of nitrogens with zero attached hydrogens (tertiary/aromatic N) is 3. The number of hydrogen-bond donors (Lipinski definition) is 1. The Labute approximate surface area is 81.8 Å². The van der Waals surface area contributed by atoms with Gasteiger partial charge in [0.2, 0.25) is 0 Å². The normalized spacial score (nSPS) is 16.6. The predicted molar refractivity (Wildman–Crippen MR) is 50.7 cm³/mol. The molecule has 1 amide bonds. The van der Waals surface area contributed by atoms with E-state index in [1.807, 2.05) is 0 Å². The molecule has 0 radical (unpaired) electrons. The van der Waals surface area contributed by atoms with Crippen LogP contribution in [0.1, 0.15) is 23.8 Å². The number of aromatic nitrogens is 3. The van der Waals surface area contributed by atoms with Crippen LogP contribution < -0.4 is 0 Å². The molecule has 0 aliphatic carbocycles. The molecule has 0 bridgehead atoms. The van der Waals surface area contributed by atoms with Crippen molar-refractivity contribution in [3.05, 3.63) is 23.5 Å². The lowest BCUT2D eigenvalue weighted by Crippen LogP contribution is -2.34. The average Bonchev–Trinajstić information content (AvgIpc) is 2.71. The van der Waals surface area contributed by atoms with Gasteiger partial charge in [0.1, 0.15) is 0 Å². The van der Waals surface area contributed by atoms with Gasteiger partial charge in [0.05, 0.1) is 6.20 Å². The fraction of sp³-hybridized carbons (Fsp3) is 0.444. The van der Waals surface area contributed by atoms with Crippen molar-refractivity contribution in [1.82, 2.24) is 20.3 Å². The number of amides is 1. The number of carbonyl (C=O) groups excluding carboxylic acids is 1. The fourth-order valence-corrected chi connectivity index (χ4v) is 1.42. The van der Waals surface area contributed by atoms with E-state index in [0.29, 0.717) is 12.2 Å². The largest absolute Gasteiger partial charge is 0.333 e. The van der Waals surface area contributed by atoms with E-state index >= 15 is 0 Å². The van der Waals surface area contributed by atoms with E-state index in [9.17, 15) is 4.79 Å². The highest BCUT2D eigenvalue weighted by molar-refractivity contribution is 5.92. The van der Waals surface area contributed by atoms with Crippen LogP contribution in [0.3, 0.4) is 0 Å². The smallest absolute Gasteiger partial charge is 0.276 e. The summed E-state index contributed by atoms with van der Waals surface area (Å²) in [6.07, 6.45) is 4.47. The number of aromatic amines is 1. The van der Waals surface area contributed by atoms with E-state index in [1.165, 1.54) is 11.8 Å². The zero-order chi connectivity index (χ0) is 9.97. The number of carbonyl (C=O) groups is 1. The number of rotatable bonds is 1. The van der Waals surface area contributed by atoms with Crippen molar-refractivity contribution in [2.75, 3.05) is 13.1 Å². The summed E-state index contributed by atoms with van der Waals surface area (Å²) in [5.41, 5.74) is 1.73. The highest BCUT2D eigenvalue weighted by Gasteiger charge is 2.19. The second-order valence-electron chi connectivity index (χ2n) is 3.41. The van der Waals surface area contributed by atoms with Gasteiger partial charge >= 0.3 is 0 Å². The molecule has 0 spiro atoms. The van der Waals surface area contributed by atoms with Gasteiger partial charge in [0.25, 0.3) is 5.91 Å². The minimum atomic E-state index is -0.0532. The highest BCUT2D eigenvalue weighted by Crippen LogP contribution is 2.11. The van der Waals surface area contributed by atoms with Crippen molar-refractivity contribution in [1.29, 1.82) is 0 Å². The third kappa shape index (κ3) is 1.66. The molecule has 0 aromatic carbocycles. The molecule has 0 atom stereocenters. The zero-order valence-corrected chi connectivity index (χ0v) is 8.03. The fourth-order valence-electron chi connectivity index (χ4n) is 1.42. The molecule has 5 heteroatoms. The van der Waals surface area contributed by atoms with Crippen molar-refractivity contribution in [3.8, 4) is 0 Å². The molecule has 1 aromatic rings. The molecular formula is C9H12N4O. The molecule has 0 fully saturated rings. The van der Waals surface area contributed by atoms with Gasteiger partial charge < -0.3 is 4.90 Å². The molecule has 2 heterocycles. The van der Waals surface area contributed by atoms with E-state index < -0.39 is 0 Å². The van der Waals surface area contributed by atoms with Crippen LogP contribution in [0.5, 0.6) is 0 Å². The third-order valence-electron chi connectivity index (χ3n) is 2.36. The van der Waals surface area contributed by atoms with Crippen LogP contribution >= 0.6 is 0 Å². The third-order valence-corrected chi connectivity index (χ3v) is 2.36. The molecule has 0 saturated carbocycles. The lowest BCUT2D eigenvalue weighted by molar-refractivity contribution is 0.0763. The van der Waals surface area contributed by atoms with Gasteiger partial charge in [-0.25, -0.2) is 0 Å². The van der Waals surface area contributed by atoms with E-state index in [4.69, 9.17) is 0 Å². The Morgan fingerprint density at radius 3 is 3.07 bits per heavy atom. The molecule has 1 aliphatic rings. The first-order valence-electron chi connectivity index (χ1n) is 4.58. The van der Waals surface area contributed by atoms with Gasteiger partial charge in [-0.15, -0.1) is 0 Å². The maximum absolute atomic E-state index is 11.7. The Morgan fingerprint density at radius 2 is 2.50 bits per heavy atom. The van der Waals surface area contributed by atoms with Crippen LogP contribution in [0, 0.1) is 0 Å². The van der Waals surface area contributed by atoms with Crippen LogP contribution in [0.4, 0.5) is 0 Å². The maximum atomic E-state index is 11.7. The molecule has 0 unspecified atom stereocenters. The van der Waals surface area contributed by atoms with Crippen LogP contribution in [0.15, 0.2) is 17.8 Å². The van der Waals surface area contributed by atoms with Gasteiger partial charge in [-0.2, -0.15) is 15.4 Å². The zero-order valence-electron chi connectivity index (χ0n) is 8.03. The van der Waals surface area contributed by atoms with Gasteiger partial charge in [-0.1, -0.05) is 11.6 Å². The topological polar surface area (TPSA) is 61.9 Å². The van der Waals surface area contributed by atoms with Gasteiger partial charge in [0.15, 0.2) is 5.69 Å². The first kappa shape index (κ1) is 8.93.